The van der Waals surface area contributed by atoms with Crippen LogP contribution in [-0.2, 0) is 13.0 Å². The molecule has 5 rings (SSSR count). The number of nitrogens with zero attached hydrogens (tertiary/aromatic N) is 2. The van der Waals surface area contributed by atoms with Gasteiger partial charge < -0.3 is 20.0 Å². The van der Waals surface area contributed by atoms with E-state index in [0.29, 0.717) is 17.1 Å². The Bertz CT molecular complexity index is 1190. The van der Waals surface area contributed by atoms with E-state index in [-0.39, 0.29) is 16.6 Å². The van der Waals surface area contributed by atoms with Gasteiger partial charge >= 0.3 is 0 Å². The van der Waals surface area contributed by atoms with Gasteiger partial charge in [-0.15, -0.1) is 11.3 Å². The molecule has 2 aromatic heterocycles. The third-order valence-corrected chi connectivity index (χ3v) is 6.83. The molecule has 2 N–H and O–H groups in total. The van der Waals surface area contributed by atoms with E-state index in [2.05, 4.69) is 22.6 Å². The first-order valence-corrected chi connectivity index (χ1v) is 10.5. The van der Waals surface area contributed by atoms with Crippen LogP contribution >= 0.6 is 22.9 Å². The normalized spacial score (nSPS) is 18.3. The molecule has 4 heterocycles. The number of furan rings is 1. The van der Waals surface area contributed by atoms with Crippen LogP contribution < -0.4 is 10.6 Å². The summed E-state index contributed by atoms with van der Waals surface area (Å²) in [5.74, 6) is 0.892. The average Bonchev–Trinajstić information content (AvgIpc) is 3.32. The second-order valence-corrected chi connectivity index (χ2v) is 8.88. The van der Waals surface area contributed by atoms with Gasteiger partial charge in [-0.2, -0.15) is 0 Å². The van der Waals surface area contributed by atoms with Gasteiger partial charge in [-0.05, 0) is 37.2 Å². The molecule has 0 saturated carbocycles. The lowest BCUT2D eigenvalue weighted by Crippen LogP contribution is -2.38. The Labute approximate surface area is 180 Å². The second kappa shape index (κ2) is 7.12. The fourth-order valence-electron chi connectivity index (χ4n) is 3.86. The zero-order valence-electron chi connectivity index (χ0n) is 15.9. The Kier molecular flexibility index (Phi) is 4.53. The van der Waals surface area contributed by atoms with Gasteiger partial charge in [0.15, 0.2) is 6.17 Å². The number of hydrogen-bond acceptors (Lipinski definition) is 7. The summed E-state index contributed by atoms with van der Waals surface area (Å²) in [6.45, 7) is 1.78. The molecule has 1 unspecified atom stereocenters. The monoisotopic (exact) mass is 444 g/mol. The highest BCUT2D eigenvalue weighted by Crippen LogP contribution is 2.41. The lowest BCUT2D eigenvalue weighted by molar-refractivity contribution is -0.384. The molecule has 1 atom stereocenters. The quantitative estimate of drug-likeness (QED) is 0.458. The van der Waals surface area contributed by atoms with Crippen LogP contribution in [0.1, 0.15) is 32.7 Å². The van der Waals surface area contributed by atoms with E-state index in [1.54, 1.807) is 29.5 Å². The maximum Gasteiger partial charge on any atom is 0.270 e. The van der Waals surface area contributed by atoms with Crippen molar-refractivity contribution < 1.29 is 14.1 Å². The van der Waals surface area contributed by atoms with Crippen molar-refractivity contribution in [2.45, 2.75) is 19.1 Å². The highest BCUT2D eigenvalue weighted by atomic mass is 35.5. The number of amides is 1. The topological polar surface area (TPSA) is 101 Å². The van der Waals surface area contributed by atoms with Crippen molar-refractivity contribution in [2.24, 2.45) is 0 Å². The molecule has 2 aliphatic rings. The molecule has 3 aromatic rings. The van der Waals surface area contributed by atoms with E-state index in [4.69, 9.17) is 16.0 Å². The summed E-state index contributed by atoms with van der Waals surface area (Å²) in [5, 5.41) is 18.3. The minimum atomic E-state index is -0.506. The van der Waals surface area contributed by atoms with Crippen molar-refractivity contribution in [1.82, 2.24) is 10.2 Å². The van der Waals surface area contributed by atoms with Gasteiger partial charge in [-0.25, -0.2) is 0 Å². The van der Waals surface area contributed by atoms with Crippen LogP contribution in [0.3, 0.4) is 0 Å². The van der Waals surface area contributed by atoms with Crippen LogP contribution in [0.4, 0.5) is 10.7 Å². The summed E-state index contributed by atoms with van der Waals surface area (Å²) in [6, 6.07) is 7.72. The number of carbonyl (C=O) groups excluding carboxylic acids is 1. The van der Waals surface area contributed by atoms with Gasteiger partial charge in [0.05, 0.1) is 15.5 Å². The van der Waals surface area contributed by atoms with E-state index in [1.165, 1.54) is 17.0 Å². The molecule has 2 aliphatic heterocycles. The average molecular weight is 445 g/mol. The van der Waals surface area contributed by atoms with Crippen molar-refractivity contribution >= 4 is 39.5 Å². The lowest BCUT2D eigenvalue weighted by Gasteiger charge is -2.26. The van der Waals surface area contributed by atoms with Crippen LogP contribution in [0.2, 0.25) is 5.02 Å². The number of nitro benzene ring substituents is 1. The fourth-order valence-corrected chi connectivity index (χ4v) is 5.48. The van der Waals surface area contributed by atoms with Crippen molar-refractivity contribution in [2.75, 3.05) is 18.9 Å². The number of nitrogens with one attached hydrogen (secondary N) is 2. The molecule has 1 aromatic carbocycles. The largest absolute Gasteiger partial charge is 0.457 e. The number of likely N-dealkylation sites (N-methyl/N-ethyl adjacent to an activating group) is 1. The minimum absolute atomic E-state index is 0.0865. The zero-order chi connectivity index (χ0) is 21.0. The Morgan fingerprint density at radius 3 is 2.90 bits per heavy atom. The Hall–Kier alpha value is -2.88. The van der Waals surface area contributed by atoms with Crippen molar-refractivity contribution in [3.8, 4) is 11.3 Å². The summed E-state index contributed by atoms with van der Waals surface area (Å²) in [6.07, 6.45) is 0.356. The van der Waals surface area contributed by atoms with E-state index in [9.17, 15) is 14.9 Å². The summed E-state index contributed by atoms with van der Waals surface area (Å²) >= 11 is 7.82. The number of thiophene rings is 1. The van der Waals surface area contributed by atoms with Gasteiger partial charge in [0, 0.05) is 35.7 Å². The fraction of sp³-hybridized carbons (Fsp3) is 0.250. The third-order valence-electron chi connectivity index (χ3n) is 5.37. The molecule has 1 amide bonds. The number of nitro groups is 1. The van der Waals surface area contributed by atoms with Gasteiger partial charge in [-0.3, -0.25) is 14.9 Å². The Morgan fingerprint density at radius 1 is 1.30 bits per heavy atom. The van der Waals surface area contributed by atoms with Crippen molar-refractivity contribution in [3.63, 3.8) is 0 Å². The number of non-ortho nitro benzene ring substituents is 1. The minimum Gasteiger partial charge on any atom is -0.457 e. The number of benzene rings is 1. The first-order valence-electron chi connectivity index (χ1n) is 9.35. The van der Waals surface area contributed by atoms with Crippen LogP contribution in [0.5, 0.6) is 0 Å². The van der Waals surface area contributed by atoms with Gasteiger partial charge in [0.1, 0.15) is 16.5 Å². The number of rotatable bonds is 3. The van der Waals surface area contributed by atoms with Crippen LogP contribution in [0, 0.1) is 10.1 Å². The van der Waals surface area contributed by atoms with E-state index < -0.39 is 11.1 Å². The number of fused-ring (bicyclic) bond motifs is 3. The smallest absolute Gasteiger partial charge is 0.270 e. The molecule has 8 nitrogen and oxygen atoms in total. The molecular formula is C20H17ClN4O4S. The maximum atomic E-state index is 12.8. The standard InChI is InChI=1S/C20H17ClN4O4S/c1-24-7-6-12-16(9-24)30-20-17(12)19(26)22-18(23-20)15-5-4-14(29-15)11-3-2-10(25(27)28)8-13(11)21/h2-5,8,18,23H,6-7,9H2,1H3,(H,22,26). The zero-order valence-corrected chi connectivity index (χ0v) is 17.5. The Morgan fingerprint density at radius 2 is 2.13 bits per heavy atom. The van der Waals surface area contributed by atoms with Crippen LogP contribution in [0.25, 0.3) is 11.3 Å². The van der Waals surface area contributed by atoms with Gasteiger partial charge in [0.2, 0.25) is 0 Å². The Balaban J connectivity index is 1.43. The first-order chi connectivity index (χ1) is 14.4. The summed E-state index contributed by atoms with van der Waals surface area (Å²) in [4.78, 5) is 26.7. The van der Waals surface area contributed by atoms with Crippen LogP contribution in [-0.4, -0.2) is 29.3 Å². The summed E-state index contributed by atoms with van der Waals surface area (Å²) in [7, 11) is 2.08. The SMILES string of the molecule is CN1CCc2c(sc3c2C(=O)NC(c2ccc(-c4ccc([N+](=O)[O-])cc4Cl)o2)N3)C1. The van der Waals surface area contributed by atoms with Gasteiger partial charge in [0.25, 0.3) is 11.6 Å². The number of carbonyl (C=O) groups is 1. The predicted octanol–water partition coefficient (Wildman–Crippen LogP) is 4.41. The molecule has 0 spiro atoms. The summed E-state index contributed by atoms with van der Waals surface area (Å²) in [5.41, 5.74) is 2.33. The highest BCUT2D eigenvalue weighted by Gasteiger charge is 2.34. The molecule has 0 fully saturated rings. The molecule has 154 valence electrons. The molecule has 0 saturated heterocycles. The first kappa shape index (κ1) is 19.1. The van der Waals surface area contributed by atoms with Crippen LogP contribution in [0.15, 0.2) is 34.7 Å². The second-order valence-electron chi connectivity index (χ2n) is 7.37. The predicted molar refractivity (Wildman–Crippen MR) is 114 cm³/mol. The van der Waals surface area contributed by atoms with E-state index in [0.717, 1.165) is 35.6 Å². The maximum absolute atomic E-state index is 12.8. The molecular weight excluding hydrogens is 428 g/mol. The van der Waals surface area contributed by atoms with E-state index in [1.807, 2.05) is 0 Å². The summed E-state index contributed by atoms with van der Waals surface area (Å²) < 4.78 is 5.94. The lowest BCUT2D eigenvalue weighted by atomic mass is 10.0. The third kappa shape index (κ3) is 3.15. The molecule has 0 aliphatic carbocycles. The highest BCUT2D eigenvalue weighted by molar-refractivity contribution is 7.16. The molecule has 0 bridgehead atoms. The number of hydrogen-bond donors (Lipinski definition) is 2. The van der Waals surface area contributed by atoms with Crippen molar-refractivity contribution in [1.29, 1.82) is 0 Å². The van der Waals surface area contributed by atoms with Gasteiger partial charge in [-0.1, -0.05) is 11.6 Å². The number of halogens is 1. The molecule has 10 heteroatoms. The van der Waals surface area contributed by atoms with Crippen molar-refractivity contribution in [3.05, 3.63) is 67.2 Å². The molecule has 0 radical (unpaired) electrons. The number of anilines is 1. The molecule has 30 heavy (non-hydrogen) atoms. The van der Waals surface area contributed by atoms with E-state index >= 15 is 0 Å².